The molecule has 4 aromatic carbocycles. The minimum atomic E-state index is -0.161. The van der Waals surface area contributed by atoms with E-state index in [0.29, 0.717) is 12.1 Å². The van der Waals surface area contributed by atoms with E-state index in [1.54, 1.807) is 11.3 Å². The van der Waals surface area contributed by atoms with Crippen molar-refractivity contribution >= 4 is 44.2 Å². The topological polar surface area (TPSA) is 72.7 Å². The maximum absolute atomic E-state index is 13.0. The summed E-state index contributed by atoms with van der Waals surface area (Å²) in [5, 5.41) is 12.4. The van der Waals surface area contributed by atoms with Gasteiger partial charge in [0.05, 0.1) is 28.0 Å². The number of para-hydroxylation sites is 3. The number of nitrogens with zero attached hydrogens (tertiary/aromatic N) is 4. The molecule has 0 saturated carbocycles. The van der Waals surface area contributed by atoms with Gasteiger partial charge in [0.25, 0.3) is 5.91 Å². The number of aromatic nitrogens is 4. The molecule has 0 bridgehead atoms. The van der Waals surface area contributed by atoms with Gasteiger partial charge >= 0.3 is 0 Å². The van der Waals surface area contributed by atoms with Crippen LogP contribution in [0.25, 0.3) is 31.8 Å². The highest BCUT2D eigenvalue weighted by atomic mass is 32.1. The molecule has 1 N–H and O–H groups in total. The third kappa shape index (κ3) is 3.82. The molecule has 2 heterocycles. The lowest BCUT2D eigenvalue weighted by molar-refractivity contribution is 0.102. The number of carbonyl (C=O) groups is 1. The first-order chi connectivity index (χ1) is 16.7. The number of hydrogen-bond acceptors (Lipinski definition) is 5. The Bertz CT molecular complexity index is 1600. The molecule has 6 rings (SSSR count). The fourth-order valence-corrected chi connectivity index (χ4v) is 4.93. The minimum absolute atomic E-state index is 0.161. The summed E-state index contributed by atoms with van der Waals surface area (Å²) in [6, 6.07) is 31.2. The van der Waals surface area contributed by atoms with Gasteiger partial charge in [-0.15, -0.1) is 16.4 Å². The molecule has 0 radical (unpaired) electrons. The summed E-state index contributed by atoms with van der Waals surface area (Å²) in [4.78, 5) is 17.8. The molecule has 1 amide bonds. The van der Waals surface area contributed by atoms with Gasteiger partial charge < -0.3 is 5.32 Å². The van der Waals surface area contributed by atoms with Crippen LogP contribution in [0.1, 0.15) is 15.9 Å². The van der Waals surface area contributed by atoms with Crippen LogP contribution in [-0.4, -0.2) is 25.9 Å². The summed E-state index contributed by atoms with van der Waals surface area (Å²) < 4.78 is 2.98. The lowest BCUT2D eigenvalue weighted by atomic mass is 10.1. The number of fused-ring (bicyclic) bond motifs is 2. The molecule has 0 unspecified atom stereocenters. The van der Waals surface area contributed by atoms with Crippen molar-refractivity contribution in [1.82, 2.24) is 20.0 Å². The quantitative estimate of drug-likeness (QED) is 0.341. The van der Waals surface area contributed by atoms with Crippen molar-refractivity contribution in [1.29, 1.82) is 0 Å². The third-order valence-electron chi connectivity index (χ3n) is 5.67. The first kappa shape index (κ1) is 20.3. The van der Waals surface area contributed by atoms with E-state index in [0.717, 1.165) is 43.1 Å². The predicted molar refractivity (Wildman–Crippen MR) is 136 cm³/mol. The summed E-state index contributed by atoms with van der Waals surface area (Å²) in [5.41, 5.74) is 6.09. The van der Waals surface area contributed by atoms with Gasteiger partial charge in [0.1, 0.15) is 10.5 Å². The van der Waals surface area contributed by atoms with Gasteiger partial charge in [-0.3, -0.25) is 4.79 Å². The van der Waals surface area contributed by atoms with E-state index >= 15 is 0 Å². The molecule has 6 aromatic rings. The number of anilines is 1. The van der Waals surface area contributed by atoms with Gasteiger partial charge in [-0.1, -0.05) is 53.7 Å². The van der Waals surface area contributed by atoms with E-state index in [2.05, 4.69) is 21.7 Å². The van der Waals surface area contributed by atoms with Gasteiger partial charge in [-0.2, -0.15) is 0 Å². The number of benzene rings is 4. The largest absolute Gasteiger partial charge is 0.321 e. The standard InChI is InChI=1S/C27H19N5OS/c33-26(19-15-13-18(14-16-19)17-32-24-11-5-3-9-22(24)30-31-32)28-21-8-2-1-7-20(21)27-29-23-10-4-6-12-25(23)34-27/h1-16H,17H2,(H,28,33). The smallest absolute Gasteiger partial charge is 0.255 e. The average Bonchev–Trinajstić information content (AvgIpc) is 3.49. The van der Waals surface area contributed by atoms with Crippen LogP contribution in [0.2, 0.25) is 0 Å². The average molecular weight is 462 g/mol. The third-order valence-corrected chi connectivity index (χ3v) is 6.74. The fourth-order valence-electron chi connectivity index (χ4n) is 3.93. The number of amides is 1. The number of thiazole rings is 1. The van der Waals surface area contributed by atoms with Crippen LogP contribution >= 0.6 is 11.3 Å². The van der Waals surface area contributed by atoms with Crippen molar-refractivity contribution in [2.75, 3.05) is 5.32 Å². The van der Waals surface area contributed by atoms with Gasteiger partial charge in [-0.25, -0.2) is 9.67 Å². The Hall–Kier alpha value is -4.36. The zero-order valence-corrected chi connectivity index (χ0v) is 18.9. The summed E-state index contributed by atoms with van der Waals surface area (Å²) >= 11 is 1.62. The molecule has 0 spiro atoms. The van der Waals surface area contributed by atoms with E-state index in [9.17, 15) is 4.79 Å². The highest BCUT2D eigenvalue weighted by Gasteiger charge is 2.14. The Kier molecular flexibility index (Phi) is 5.08. The van der Waals surface area contributed by atoms with Crippen LogP contribution in [0.3, 0.4) is 0 Å². The van der Waals surface area contributed by atoms with Crippen LogP contribution < -0.4 is 5.32 Å². The first-order valence-corrected chi connectivity index (χ1v) is 11.7. The molecule has 0 aliphatic rings. The maximum atomic E-state index is 13.0. The number of rotatable bonds is 5. The van der Waals surface area contributed by atoms with Crippen molar-refractivity contribution < 1.29 is 4.79 Å². The van der Waals surface area contributed by atoms with Crippen molar-refractivity contribution in [3.63, 3.8) is 0 Å². The van der Waals surface area contributed by atoms with E-state index in [1.807, 2.05) is 95.7 Å². The summed E-state index contributed by atoms with van der Waals surface area (Å²) in [6.45, 7) is 0.586. The molecule has 0 saturated heterocycles. The normalized spacial score (nSPS) is 11.2. The fraction of sp³-hybridized carbons (Fsp3) is 0.0370. The second-order valence-electron chi connectivity index (χ2n) is 7.92. The summed E-state index contributed by atoms with van der Waals surface area (Å²) in [7, 11) is 0. The van der Waals surface area contributed by atoms with Gasteiger partial charge in [0.15, 0.2) is 0 Å². The molecule has 2 aromatic heterocycles. The first-order valence-electron chi connectivity index (χ1n) is 10.9. The van der Waals surface area contributed by atoms with E-state index in [-0.39, 0.29) is 5.91 Å². The number of hydrogen-bond donors (Lipinski definition) is 1. The van der Waals surface area contributed by atoms with Gasteiger partial charge in [-0.05, 0) is 54.1 Å². The Morgan fingerprint density at radius 1 is 0.824 bits per heavy atom. The van der Waals surface area contributed by atoms with E-state index < -0.39 is 0 Å². The number of nitrogens with one attached hydrogen (secondary N) is 1. The van der Waals surface area contributed by atoms with Crippen LogP contribution in [0, 0.1) is 0 Å². The molecule has 0 atom stereocenters. The molecule has 0 aliphatic carbocycles. The Balaban J connectivity index is 1.22. The van der Waals surface area contributed by atoms with Crippen molar-refractivity contribution in [2.24, 2.45) is 0 Å². The molecule has 0 fully saturated rings. The molecular formula is C27H19N5OS. The van der Waals surface area contributed by atoms with Crippen LogP contribution in [0.5, 0.6) is 0 Å². The lowest BCUT2D eigenvalue weighted by Crippen LogP contribution is -2.12. The van der Waals surface area contributed by atoms with Crippen LogP contribution in [-0.2, 0) is 6.54 Å². The van der Waals surface area contributed by atoms with Crippen molar-refractivity contribution in [3.8, 4) is 10.6 Å². The number of carbonyl (C=O) groups excluding carboxylic acids is 1. The highest BCUT2D eigenvalue weighted by Crippen LogP contribution is 2.34. The molecular weight excluding hydrogens is 442 g/mol. The molecule has 7 heteroatoms. The van der Waals surface area contributed by atoms with E-state index in [1.165, 1.54) is 0 Å². The van der Waals surface area contributed by atoms with Gasteiger partial charge in [0.2, 0.25) is 0 Å². The molecule has 6 nitrogen and oxygen atoms in total. The van der Waals surface area contributed by atoms with Crippen molar-refractivity contribution in [3.05, 3.63) is 108 Å². The zero-order chi connectivity index (χ0) is 22.9. The van der Waals surface area contributed by atoms with Crippen molar-refractivity contribution in [2.45, 2.75) is 6.54 Å². The van der Waals surface area contributed by atoms with Crippen LogP contribution in [0.15, 0.2) is 97.1 Å². The SMILES string of the molecule is O=C(Nc1ccccc1-c1nc2ccccc2s1)c1ccc(Cn2nnc3ccccc32)cc1. The zero-order valence-electron chi connectivity index (χ0n) is 18.1. The van der Waals surface area contributed by atoms with Crippen LogP contribution in [0.4, 0.5) is 5.69 Å². The predicted octanol–water partition coefficient (Wildman–Crippen LogP) is 6.01. The Labute approximate surface area is 199 Å². The Morgan fingerprint density at radius 3 is 2.41 bits per heavy atom. The van der Waals surface area contributed by atoms with E-state index in [4.69, 9.17) is 4.98 Å². The highest BCUT2D eigenvalue weighted by molar-refractivity contribution is 7.21. The molecule has 0 aliphatic heterocycles. The molecule has 34 heavy (non-hydrogen) atoms. The monoisotopic (exact) mass is 461 g/mol. The second kappa shape index (κ2) is 8.53. The summed E-state index contributed by atoms with van der Waals surface area (Å²) in [6.07, 6.45) is 0. The summed E-state index contributed by atoms with van der Waals surface area (Å²) in [5.74, 6) is -0.161. The Morgan fingerprint density at radius 2 is 1.56 bits per heavy atom. The molecule has 164 valence electrons. The second-order valence-corrected chi connectivity index (χ2v) is 8.95. The maximum Gasteiger partial charge on any atom is 0.255 e. The van der Waals surface area contributed by atoms with Gasteiger partial charge in [0, 0.05) is 11.1 Å². The lowest BCUT2D eigenvalue weighted by Gasteiger charge is -2.10. The minimum Gasteiger partial charge on any atom is -0.321 e.